The number of nitrogens with one attached hydrogen (secondary N) is 1. The molecule has 0 aliphatic carbocycles. The lowest BCUT2D eigenvalue weighted by Gasteiger charge is -2.54. The number of nitriles is 1. The highest BCUT2D eigenvalue weighted by molar-refractivity contribution is 7.10. The maximum atomic E-state index is 13.7. The number of rotatable bonds is 4. The second-order valence-electron chi connectivity index (χ2n) is 9.00. The molecule has 0 spiro atoms. The van der Waals surface area contributed by atoms with Gasteiger partial charge in [0.2, 0.25) is 5.91 Å². The Morgan fingerprint density at radius 3 is 2.57 bits per heavy atom. The Morgan fingerprint density at radius 2 is 1.97 bits per heavy atom. The zero-order chi connectivity index (χ0) is 25.6. The molecule has 35 heavy (non-hydrogen) atoms. The van der Waals surface area contributed by atoms with Gasteiger partial charge in [0.25, 0.3) is 0 Å². The van der Waals surface area contributed by atoms with Gasteiger partial charge in [0.1, 0.15) is 11.4 Å². The molecule has 1 fully saturated rings. The summed E-state index contributed by atoms with van der Waals surface area (Å²) in [4.78, 5) is 19.6. The lowest BCUT2D eigenvalue weighted by Crippen LogP contribution is -2.73. The third-order valence-corrected chi connectivity index (χ3v) is 7.84. The molecule has 0 radical (unpaired) electrons. The summed E-state index contributed by atoms with van der Waals surface area (Å²) in [7, 11) is 1.62. The number of amides is 1. The second-order valence-corrected chi connectivity index (χ2v) is 9.91. The number of benzene rings is 1. The van der Waals surface area contributed by atoms with Crippen LogP contribution in [0.15, 0.2) is 54.0 Å². The first-order valence-corrected chi connectivity index (χ1v) is 11.7. The Morgan fingerprint density at radius 1 is 1.23 bits per heavy atom. The van der Waals surface area contributed by atoms with Crippen molar-refractivity contribution in [2.24, 2.45) is 5.73 Å². The van der Waals surface area contributed by atoms with Crippen molar-refractivity contribution < 1.29 is 18.0 Å². The fraction of sp³-hybridized carbons (Fsp3) is 0.320. The van der Waals surface area contributed by atoms with Crippen molar-refractivity contribution in [3.05, 3.63) is 75.7 Å². The predicted octanol–water partition coefficient (Wildman–Crippen LogP) is 4.44. The Bertz CT molecular complexity index is 1300. The minimum atomic E-state index is -4.58. The molecule has 0 saturated carbocycles. The van der Waals surface area contributed by atoms with Gasteiger partial charge in [-0.25, -0.2) is 0 Å². The van der Waals surface area contributed by atoms with E-state index in [0.29, 0.717) is 11.1 Å². The number of halogens is 3. The number of nitrogens with two attached hydrogens (primary N) is 1. The number of carbonyl (C=O) groups excluding carboxylic acids is 1. The average Bonchev–Trinajstić information content (AvgIpc) is 3.34. The van der Waals surface area contributed by atoms with Crippen LogP contribution in [0.4, 0.5) is 13.2 Å². The highest BCUT2D eigenvalue weighted by atomic mass is 32.1. The summed E-state index contributed by atoms with van der Waals surface area (Å²) >= 11 is 1.43. The molecular formula is C25H24F3N5OS. The van der Waals surface area contributed by atoms with E-state index in [4.69, 9.17) is 5.73 Å². The van der Waals surface area contributed by atoms with Crippen LogP contribution in [-0.2, 0) is 16.5 Å². The minimum Gasteiger partial charge on any atom is -0.327 e. The molecular weight excluding hydrogens is 475 g/mol. The molecule has 4 rings (SSSR count). The van der Waals surface area contributed by atoms with E-state index in [1.807, 2.05) is 31.4 Å². The van der Waals surface area contributed by atoms with Crippen molar-refractivity contribution >= 4 is 17.2 Å². The quantitative estimate of drug-likeness (QED) is 0.554. The summed E-state index contributed by atoms with van der Waals surface area (Å²) in [6.07, 6.45) is -3.46. The van der Waals surface area contributed by atoms with Crippen LogP contribution in [-0.4, -0.2) is 35.0 Å². The van der Waals surface area contributed by atoms with E-state index >= 15 is 0 Å². The van der Waals surface area contributed by atoms with E-state index in [0.717, 1.165) is 28.3 Å². The molecule has 1 aliphatic heterocycles. The smallest absolute Gasteiger partial charge is 0.327 e. The van der Waals surface area contributed by atoms with Gasteiger partial charge >= 0.3 is 6.18 Å². The highest BCUT2D eigenvalue weighted by Gasteiger charge is 2.54. The van der Waals surface area contributed by atoms with Gasteiger partial charge in [-0.2, -0.15) is 18.4 Å². The lowest BCUT2D eigenvalue weighted by molar-refractivity contribution is -0.148. The number of carbonyl (C=O) groups is 1. The van der Waals surface area contributed by atoms with Crippen molar-refractivity contribution in [2.75, 3.05) is 13.6 Å². The fourth-order valence-electron chi connectivity index (χ4n) is 4.54. The van der Waals surface area contributed by atoms with Crippen molar-refractivity contribution in [2.45, 2.75) is 37.1 Å². The van der Waals surface area contributed by atoms with E-state index in [1.54, 1.807) is 25.2 Å². The van der Waals surface area contributed by atoms with Gasteiger partial charge in [-0.15, -0.1) is 11.3 Å². The van der Waals surface area contributed by atoms with Crippen molar-refractivity contribution in [3.63, 3.8) is 0 Å². The van der Waals surface area contributed by atoms with Crippen LogP contribution in [0.1, 0.15) is 41.5 Å². The molecule has 3 atom stereocenters. The maximum Gasteiger partial charge on any atom is 0.433 e. The van der Waals surface area contributed by atoms with E-state index in [-0.39, 0.29) is 12.5 Å². The van der Waals surface area contributed by atoms with Gasteiger partial charge < -0.3 is 10.6 Å². The molecule has 0 bridgehead atoms. The maximum absolute atomic E-state index is 13.7. The van der Waals surface area contributed by atoms with E-state index in [2.05, 4.69) is 16.4 Å². The van der Waals surface area contributed by atoms with Crippen LogP contribution in [0.2, 0.25) is 0 Å². The van der Waals surface area contributed by atoms with Crippen LogP contribution < -0.4 is 11.1 Å². The van der Waals surface area contributed by atoms with Crippen molar-refractivity contribution in [1.82, 2.24) is 15.2 Å². The summed E-state index contributed by atoms with van der Waals surface area (Å²) in [5, 5.41) is 14.7. The highest BCUT2D eigenvalue weighted by Crippen LogP contribution is 2.47. The number of aromatic nitrogens is 1. The summed E-state index contributed by atoms with van der Waals surface area (Å²) < 4.78 is 39.3. The molecule has 3 N–H and O–H groups in total. The number of pyridine rings is 1. The molecule has 1 saturated heterocycles. The van der Waals surface area contributed by atoms with E-state index in [9.17, 15) is 23.2 Å². The summed E-state index contributed by atoms with van der Waals surface area (Å²) in [5.41, 5.74) is 5.77. The zero-order valence-corrected chi connectivity index (χ0v) is 20.2. The molecule has 3 heterocycles. The van der Waals surface area contributed by atoms with Crippen molar-refractivity contribution in [3.8, 4) is 17.2 Å². The molecule has 6 nitrogen and oxygen atoms in total. The Kier molecular flexibility index (Phi) is 6.21. The fourth-order valence-corrected chi connectivity index (χ4v) is 5.61. The first-order chi connectivity index (χ1) is 16.4. The molecule has 1 aromatic carbocycles. The van der Waals surface area contributed by atoms with Crippen LogP contribution in [0.25, 0.3) is 11.1 Å². The number of likely N-dealkylation sites (N-methyl/N-ethyl adjacent to an activating group) is 1. The SMILES string of the molecule is CN1C(=O)[C@H](c2ccc(C(F)(F)F)nc2)[C@@](C)(c2cc(-c3cccc(C#N)c3)cs2)NC1(C)CN. The van der Waals surface area contributed by atoms with Gasteiger partial charge in [0.05, 0.1) is 23.1 Å². The van der Waals surface area contributed by atoms with Gasteiger partial charge in [-0.1, -0.05) is 18.2 Å². The number of thiophene rings is 1. The lowest BCUT2D eigenvalue weighted by atomic mass is 9.75. The normalized spacial score (nSPS) is 24.9. The number of hydrogen-bond donors (Lipinski definition) is 2. The first kappa shape index (κ1) is 24.9. The molecule has 2 aromatic heterocycles. The standard InChI is InChI=1S/C25H24F3N5OS/c1-23(14-30)32-24(2,20-10-18(13-35-20)16-6-4-5-15(9-16)11-29)21(22(34)33(23)3)17-7-8-19(31-12-17)25(26,27)28/h4-10,12-13,21,32H,14,30H2,1-3H3/t21-,23?,24+/m0/s1. The van der Waals surface area contributed by atoms with Crippen LogP contribution in [0.3, 0.4) is 0 Å². The number of hydrogen-bond acceptors (Lipinski definition) is 6. The predicted molar refractivity (Wildman–Crippen MR) is 127 cm³/mol. The molecule has 182 valence electrons. The second kappa shape index (κ2) is 8.75. The van der Waals surface area contributed by atoms with E-state index < -0.39 is 29.0 Å². The summed E-state index contributed by atoms with van der Waals surface area (Å²) in [5.74, 6) is -1.12. The number of alkyl halides is 3. The van der Waals surface area contributed by atoms with Crippen LogP contribution >= 0.6 is 11.3 Å². The van der Waals surface area contributed by atoms with Crippen LogP contribution in [0, 0.1) is 11.3 Å². The Balaban J connectivity index is 1.83. The molecule has 3 aromatic rings. The largest absolute Gasteiger partial charge is 0.433 e. The monoisotopic (exact) mass is 499 g/mol. The Labute approximate surface area is 205 Å². The third kappa shape index (κ3) is 4.31. The minimum absolute atomic E-state index is 0.130. The van der Waals surface area contributed by atoms with Gasteiger partial charge in [0.15, 0.2) is 0 Å². The Hall–Kier alpha value is -3.26. The summed E-state index contributed by atoms with van der Waals surface area (Å²) in [6.45, 7) is 3.80. The van der Waals surface area contributed by atoms with E-state index in [1.165, 1.54) is 22.3 Å². The van der Waals surface area contributed by atoms with Crippen molar-refractivity contribution in [1.29, 1.82) is 5.26 Å². The summed E-state index contributed by atoms with van der Waals surface area (Å²) in [6, 6.07) is 13.5. The van der Waals surface area contributed by atoms with Gasteiger partial charge in [-0.3, -0.25) is 15.1 Å². The van der Waals surface area contributed by atoms with Gasteiger partial charge in [0, 0.05) is 24.7 Å². The topological polar surface area (TPSA) is 95.0 Å². The number of nitrogens with zero attached hydrogens (tertiary/aromatic N) is 3. The molecule has 1 amide bonds. The molecule has 1 unspecified atom stereocenters. The van der Waals surface area contributed by atoms with Crippen LogP contribution in [0.5, 0.6) is 0 Å². The van der Waals surface area contributed by atoms with Gasteiger partial charge in [-0.05, 0) is 60.2 Å². The molecule has 1 aliphatic rings. The first-order valence-electron chi connectivity index (χ1n) is 10.8. The zero-order valence-electron chi connectivity index (χ0n) is 19.3. The third-order valence-electron chi connectivity index (χ3n) is 6.67. The average molecular weight is 500 g/mol. The molecule has 10 heteroatoms.